The Morgan fingerprint density at radius 1 is 0.407 bits per heavy atom. The fourth-order valence-electron chi connectivity index (χ4n) is 4.26. The summed E-state index contributed by atoms with van der Waals surface area (Å²) in [6.45, 7) is 0. The van der Waals surface area contributed by atoms with Gasteiger partial charge in [0.1, 0.15) is 0 Å². The SMILES string of the molecule is O=[P]#[Ti]([c]1ccccc1)([c]1ccccc1)([c]1ccccc1)[c]1ccccc1. The first-order chi connectivity index (χ1) is 13.3. The molecule has 0 aliphatic carbocycles. The normalized spacial score (nSPS) is 11.7. The summed E-state index contributed by atoms with van der Waals surface area (Å²) >= 11 is -4.38. The van der Waals surface area contributed by atoms with Gasteiger partial charge in [0.25, 0.3) is 0 Å². The minimum atomic E-state index is -4.38. The van der Waals surface area contributed by atoms with Crippen LogP contribution in [0.4, 0.5) is 0 Å². The molecule has 4 aromatic carbocycles. The molecule has 0 N–H and O–H groups in total. The van der Waals surface area contributed by atoms with Gasteiger partial charge in [-0.2, -0.15) is 0 Å². The van der Waals surface area contributed by atoms with E-state index in [4.69, 9.17) is 0 Å². The number of benzene rings is 4. The quantitative estimate of drug-likeness (QED) is 0.318. The average molecular weight is 403 g/mol. The molecule has 0 radical (unpaired) electrons. The standard InChI is InChI=1S/4C6H5.OP.Ti/c4*1-2-4-6-5-3-1;1-2;/h4*1-5H;;/q;;;;-1;+1. The summed E-state index contributed by atoms with van der Waals surface area (Å²) < 4.78 is 18.2. The Morgan fingerprint density at radius 3 is 0.815 bits per heavy atom. The predicted molar refractivity (Wildman–Crippen MR) is 112 cm³/mol. The van der Waals surface area contributed by atoms with Crippen LogP contribution >= 0.6 is 5.77 Å². The summed E-state index contributed by atoms with van der Waals surface area (Å²) in [5, 5.41) is 0. The molecule has 0 saturated carbocycles. The third-order valence-electron chi connectivity index (χ3n) is 5.53. The van der Waals surface area contributed by atoms with Crippen LogP contribution in [0.15, 0.2) is 121 Å². The zero-order valence-corrected chi connectivity index (χ0v) is 17.4. The predicted octanol–water partition coefficient (Wildman–Crippen LogP) is 4.18. The van der Waals surface area contributed by atoms with Gasteiger partial charge in [-0.05, 0) is 0 Å². The number of rotatable bonds is 0. The molecule has 4 rings (SSSR count). The zero-order chi connectivity index (χ0) is 18.6. The Balaban J connectivity index is 2.36. The van der Waals surface area contributed by atoms with Gasteiger partial charge >= 0.3 is 161 Å². The summed E-state index contributed by atoms with van der Waals surface area (Å²) in [6.07, 6.45) is 0. The third kappa shape index (κ3) is 2.62. The van der Waals surface area contributed by atoms with Crippen LogP contribution < -0.4 is 15.5 Å². The molecule has 131 valence electrons. The maximum absolute atomic E-state index is 13.5. The number of hydrogen-bond acceptors (Lipinski definition) is 1. The van der Waals surface area contributed by atoms with Crippen LogP contribution in [0.5, 0.6) is 0 Å². The molecule has 4 aromatic rings. The molecule has 0 spiro atoms. The van der Waals surface area contributed by atoms with E-state index in [2.05, 4.69) is 97.1 Å². The molecule has 0 heterocycles. The molecule has 0 amide bonds. The van der Waals surface area contributed by atoms with Gasteiger partial charge in [-0.25, -0.2) is 0 Å². The molecule has 0 aliphatic heterocycles. The van der Waals surface area contributed by atoms with Crippen molar-refractivity contribution in [2.24, 2.45) is 0 Å². The molecule has 0 aromatic heterocycles. The van der Waals surface area contributed by atoms with Crippen LogP contribution in [-0.2, 0) is 18.6 Å². The van der Waals surface area contributed by atoms with E-state index in [1.807, 2.05) is 24.3 Å². The van der Waals surface area contributed by atoms with Gasteiger partial charge in [-0.3, -0.25) is 0 Å². The van der Waals surface area contributed by atoms with Crippen molar-refractivity contribution >= 4 is 21.2 Å². The van der Waals surface area contributed by atoms with Gasteiger partial charge in [0.15, 0.2) is 0 Å². The van der Waals surface area contributed by atoms with Gasteiger partial charge in [0.2, 0.25) is 0 Å². The van der Waals surface area contributed by atoms with Crippen LogP contribution in [0.25, 0.3) is 0 Å². The molecular formula is C24H20OPTi. The molecule has 27 heavy (non-hydrogen) atoms. The summed E-state index contributed by atoms with van der Waals surface area (Å²) in [5.41, 5.74) is 0. The van der Waals surface area contributed by atoms with Crippen LogP contribution in [0.1, 0.15) is 0 Å². The van der Waals surface area contributed by atoms with E-state index in [1.54, 1.807) is 0 Å². The summed E-state index contributed by atoms with van der Waals surface area (Å²) in [4.78, 5) is 0. The van der Waals surface area contributed by atoms with Crippen molar-refractivity contribution < 1.29 is 18.6 Å². The van der Waals surface area contributed by atoms with Gasteiger partial charge in [-0.1, -0.05) is 0 Å². The third-order valence-corrected chi connectivity index (χ3v) is 21.0. The average Bonchev–Trinajstić information content (AvgIpc) is 2.78. The van der Waals surface area contributed by atoms with Gasteiger partial charge in [0, 0.05) is 0 Å². The topological polar surface area (TPSA) is 17.1 Å². The molecule has 3 heteroatoms. The summed E-state index contributed by atoms with van der Waals surface area (Å²) in [7, 11) is 0. The Hall–Kier alpha value is -2.18. The van der Waals surface area contributed by atoms with E-state index in [1.165, 1.54) is 0 Å². The van der Waals surface area contributed by atoms with Crippen LogP contribution in [-0.4, -0.2) is 0 Å². The van der Waals surface area contributed by atoms with Crippen molar-refractivity contribution in [3.05, 3.63) is 121 Å². The molecule has 0 bridgehead atoms. The van der Waals surface area contributed by atoms with Crippen molar-refractivity contribution in [2.45, 2.75) is 0 Å². The van der Waals surface area contributed by atoms with Crippen molar-refractivity contribution in [1.82, 2.24) is 0 Å². The molecule has 1 nitrogen and oxygen atoms in total. The van der Waals surface area contributed by atoms with Gasteiger partial charge in [-0.15, -0.1) is 0 Å². The van der Waals surface area contributed by atoms with Crippen LogP contribution in [0, 0.1) is 0 Å². The van der Waals surface area contributed by atoms with Crippen molar-refractivity contribution in [2.75, 3.05) is 0 Å². The second-order valence-corrected chi connectivity index (χ2v) is 18.8. The van der Waals surface area contributed by atoms with Crippen molar-refractivity contribution in [1.29, 1.82) is 0 Å². The molecule has 0 unspecified atom stereocenters. The Labute approximate surface area is 160 Å². The summed E-state index contributed by atoms with van der Waals surface area (Å²) in [6, 6.07) is 41.7. The molecule has 0 aliphatic rings. The van der Waals surface area contributed by atoms with Gasteiger partial charge < -0.3 is 0 Å². The minimum absolute atomic E-state index is 0.180. The second kappa shape index (κ2) is 7.45. The van der Waals surface area contributed by atoms with E-state index in [0.29, 0.717) is 0 Å². The fourth-order valence-corrected chi connectivity index (χ4v) is 17.5. The maximum atomic E-state index is 13.5. The summed E-state index contributed by atoms with van der Waals surface area (Å²) in [5.74, 6) is 0.180. The molecule has 0 saturated heterocycles. The monoisotopic (exact) mass is 403 g/mol. The van der Waals surface area contributed by atoms with Gasteiger partial charge in [0.05, 0.1) is 0 Å². The van der Waals surface area contributed by atoms with Crippen LogP contribution in [0.3, 0.4) is 0 Å². The molecular weight excluding hydrogens is 383 g/mol. The number of hydrogen-bond donors (Lipinski definition) is 0. The first-order valence-electron chi connectivity index (χ1n) is 9.05. The van der Waals surface area contributed by atoms with Crippen molar-refractivity contribution in [3.8, 4) is 0 Å². The zero-order valence-electron chi connectivity index (χ0n) is 14.9. The van der Waals surface area contributed by atoms with E-state index in [0.717, 1.165) is 15.5 Å². The van der Waals surface area contributed by atoms with E-state index in [9.17, 15) is 4.57 Å². The van der Waals surface area contributed by atoms with Crippen molar-refractivity contribution in [3.63, 3.8) is 0 Å². The first kappa shape index (κ1) is 18.2. The van der Waals surface area contributed by atoms with E-state index in [-0.39, 0.29) is 5.77 Å². The molecule has 0 fully saturated rings. The van der Waals surface area contributed by atoms with Crippen LogP contribution in [0.2, 0.25) is 0 Å². The Bertz CT molecular complexity index is 1050. The Kier molecular flexibility index (Phi) is 5.02. The van der Waals surface area contributed by atoms with E-state index < -0.39 is 14.1 Å². The fraction of sp³-hybridized carbons (Fsp3) is 0. The first-order valence-corrected chi connectivity index (χ1v) is 15.1. The van der Waals surface area contributed by atoms with E-state index >= 15 is 0 Å². The Morgan fingerprint density at radius 2 is 0.630 bits per heavy atom. The second-order valence-electron chi connectivity index (χ2n) is 6.75. The molecule has 0 atom stereocenters.